The normalized spacial score (nSPS) is 19.8. The lowest BCUT2D eigenvalue weighted by atomic mass is 9.81. The molecule has 3 atom stereocenters. The lowest BCUT2D eigenvalue weighted by Gasteiger charge is -2.28. The third kappa shape index (κ3) is 6.00. The summed E-state index contributed by atoms with van der Waals surface area (Å²) < 4.78 is 5.60. The van der Waals surface area contributed by atoms with Crippen molar-refractivity contribution in [3.8, 4) is 11.1 Å². The summed E-state index contributed by atoms with van der Waals surface area (Å²) in [5.41, 5.74) is 4.69. The maximum atomic E-state index is 12.5. The van der Waals surface area contributed by atoms with Crippen LogP contribution in [0.25, 0.3) is 11.1 Å². The molecule has 8 nitrogen and oxygen atoms in total. The van der Waals surface area contributed by atoms with Crippen LogP contribution in [0.5, 0.6) is 0 Å². The maximum Gasteiger partial charge on any atom is 0.407 e. The molecule has 4 N–H and O–H groups in total. The molecule has 0 bridgehead atoms. The summed E-state index contributed by atoms with van der Waals surface area (Å²) in [4.78, 5) is 35.6. The minimum Gasteiger partial charge on any atom is -0.479 e. The maximum absolute atomic E-state index is 12.5. The predicted octanol–water partition coefficient (Wildman–Crippen LogP) is 3.28. The molecule has 3 unspecified atom stereocenters. The highest BCUT2D eigenvalue weighted by molar-refractivity contribution is 5.79. The van der Waals surface area contributed by atoms with Crippen LogP contribution in [0.4, 0.5) is 4.79 Å². The van der Waals surface area contributed by atoms with Crippen molar-refractivity contribution in [3.63, 3.8) is 0 Å². The van der Waals surface area contributed by atoms with Gasteiger partial charge in [0.1, 0.15) is 6.61 Å². The fourth-order valence-electron chi connectivity index (χ4n) is 5.19. The number of alkyl carbamates (subject to hydrolysis) is 1. The highest BCUT2D eigenvalue weighted by Gasteiger charge is 2.30. The summed E-state index contributed by atoms with van der Waals surface area (Å²) in [5, 5.41) is 23.6. The molecule has 2 aliphatic carbocycles. The van der Waals surface area contributed by atoms with E-state index >= 15 is 0 Å². The summed E-state index contributed by atoms with van der Waals surface area (Å²) in [6.45, 7) is 0.821. The van der Waals surface area contributed by atoms with E-state index in [1.54, 1.807) is 0 Å². The summed E-state index contributed by atoms with van der Waals surface area (Å²) in [6, 6.07) is 16.4. The second-order valence-electron chi connectivity index (χ2n) is 9.37. The van der Waals surface area contributed by atoms with E-state index in [4.69, 9.17) is 9.84 Å². The van der Waals surface area contributed by atoms with Crippen molar-refractivity contribution in [1.82, 2.24) is 10.6 Å². The van der Waals surface area contributed by atoms with E-state index in [0.29, 0.717) is 13.0 Å². The number of hydrogen-bond acceptors (Lipinski definition) is 5. The Morgan fingerprint density at radius 2 is 1.63 bits per heavy atom. The molecular formula is C27H32N2O6. The summed E-state index contributed by atoms with van der Waals surface area (Å²) >= 11 is 0. The zero-order chi connectivity index (χ0) is 24.8. The number of carboxylic acid groups (broad SMARTS) is 1. The molecule has 1 fully saturated rings. The van der Waals surface area contributed by atoms with E-state index in [1.807, 2.05) is 24.3 Å². The van der Waals surface area contributed by atoms with E-state index in [0.717, 1.165) is 19.3 Å². The van der Waals surface area contributed by atoms with Crippen LogP contribution in [0.15, 0.2) is 48.5 Å². The van der Waals surface area contributed by atoms with Crippen LogP contribution in [-0.2, 0) is 14.3 Å². The van der Waals surface area contributed by atoms with Gasteiger partial charge in [-0.05, 0) is 47.4 Å². The van der Waals surface area contributed by atoms with Crippen LogP contribution in [0.2, 0.25) is 0 Å². The van der Waals surface area contributed by atoms with Crippen LogP contribution in [-0.4, -0.2) is 54.0 Å². The van der Waals surface area contributed by atoms with Gasteiger partial charge in [0.25, 0.3) is 0 Å². The Labute approximate surface area is 204 Å². The first-order valence-corrected chi connectivity index (χ1v) is 12.2. The molecule has 2 aliphatic rings. The predicted molar refractivity (Wildman–Crippen MR) is 130 cm³/mol. The van der Waals surface area contributed by atoms with Crippen LogP contribution in [0, 0.1) is 11.8 Å². The van der Waals surface area contributed by atoms with Crippen LogP contribution >= 0.6 is 0 Å². The highest BCUT2D eigenvalue weighted by atomic mass is 16.5. The molecule has 0 saturated heterocycles. The molecule has 0 aromatic heterocycles. The Morgan fingerprint density at radius 1 is 0.971 bits per heavy atom. The molecule has 1 saturated carbocycles. The zero-order valence-electron chi connectivity index (χ0n) is 19.6. The molecule has 35 heavy (non-hydrogen) atoms. The number of aliphatic hydroxyl groups is 1. The van der Waals surface area contributed by atoms with Crippen molar-refractivity contribution in [1.29, 1.82) is 0 Å². The lowest BCUT2D eigenvalue weighted by Crippen LogP contribution is -2.38. The van der Waals surface area contributed by atoms with Crippen molar-refractivity contribution >= 4 is 18.0 Å². The number of ether oxygens (including phenoxy) is 1. The molecular weight excluding hydrogens is 448 g/mol. The quantitative estimate of drug-likeness (QED) is 0.437. The van der Waals surface area contributed by atoms with Crippen molar-refractivity contribution in [2.24, 2.45) is 11.8 Å². The number of nitrogens with one attached hydrogen (secondary N) is 2. The number of carbonyl (C=O) groups excluding carboxylic acids is 2. The zero-order valence-corrected chi connectivity index (χ0v) is 19.6. The fourth-order valence-corrected chi connectivity index (χ4v) is 5.19. The van der Waals surface area contributed by atoms with Gasteiger partial charge in [0, 0.05) is 31.3 Å². The largest absolute Gasteiger partial charge is 0.479 e. The van der Waals surface area contributed by atoms with Crippen LogP contribution < -0.4 is 10.6 Å². The second kappa shape index (κ2) is 11.4. The average Bonchev–Trinajstić information content (AvgIpc) is 3.20. The lowest BCUT2D eigenvalue weighted by molar-refractivity contribution is -0.147. The molecule has 186 valence electrons. The van der Waals surface area contributed by atoms with Crippen molar-refractivity contribution in [2.75, 3.05) is 19.7 Å². The molecule has 2 aromatic rings. The summed E-state index contributed by atoms with van der Waals surface area (Å²) in [7, 11) is 0. The van der Waals surface area contributed by atoms with Gasteiger partial charge >= 0.3 is 12.1 Å². The Hall–Kier alpha value is -3.39. The SMILES string of the molecule is O=C(NCC1CCCC(C(=O)NCCC(O)C(=O)O)C1)OCC1c2ccccc2-c2ccccc21. The van der Waals surface area contributed by atoms with Gasteiger partial charge in [0.05, 0.1) is 0 Å². The third-order valence-corrected chi connectivity index (χ3v) is 7.03. The van der Waals surface area contributed by atoms with Gasteiger partial charge in [0.15, 0.2) is 6.10 Å². The van der Waals surface area contributed by atoms with Gasteiger partial charge < -0.3 is 25.6 Å². The first-order valence-electron chi connectivity index (χ1n) is 12.2. The molecule has 8 heteroatoms. The Balaban J connectivity index is 1.22. The molecule has 2 aromatic carbocycles. The number of aliphatic carboxylic acids is 1. The van der Waals surface area contributed by atoms with E-state index in [-0.39, 0.29) is 43.2 Å². The van der Waals surface area contributed by atoms with Crippen LogP contribution in [0.3, 0.4) is 0 Å². The van der Waals surface area contributed by atoms with Crippen LogP contribution in [0.1, 0.15) is 49.1 Å². The molecule has 4 rings (SSSR count). The van der Waals surface area contributed by atoms with Gasteiger partial charge in [0.2, 0.25) is 5.91 Å². The summed E-state index contributed by atoms with van der Waals surface area (Å²) in [6.07, 6.45) is 1.25. The van der Waals surface area contributed by atoms with Crippen molar-refractivity contribution in [3.05, 3.63) is 59.7 Å². The topological polar surface area (TPSA) is 125 Å². The number of fused-ring (bicyclic) bond motifs is 3. The first-order chi connectivity index (χ1) is 16.9. The standard InChI is InChI=1S/C27H32N2O6/c30-24(26(32)33)12-13-28-25(31)18-7-5-6-17(14-18)15-29-27(34)35-16-23-21-10-3-1-8-19(21)20-9-2-4-11-22(20)23/h1-4,8-11,17-18,23-24,30H,5-7,12-16H2,(H,28,31)(H,29,34)(H,32,33). The van der Waals surface area contributed by atoms with E-state index in [2.05, 4.69) is 34.9 Å². The van der Waals surface area contributed by atoms with E-state index in [1.165, 1.54) is 22.3 Å². The number of benzene rings is 2. The fraction of sp³-hybridized carbons (Fsp3) is 0.444. The Morgan fingerprint density at radius 3 is 2.29 bits per heavy atom. The minimum atomic E-state index is -1.48. The molecule has 0 radical (unpaired) electrons. The molecule has 2 amide bonds. The number of carboxylic acids is 1. The van der Waals surface area contributed by atoms with Gasteiger partial charge in [-0.2, -0.15) is 0 Å². The summed E-state index contributed by atoms with van der Waals surface area (Å²) in [5.74, 6) is -1.43. The second-order valence-corrected chi connectivity index (χ2v) is 9.37. The Bertz CT molecular complexity index is 1030. The number of hydrogen-bond donors (Lipinski definition) is 4. The van der Waals surface area contributed by atoms with E-state index in [9.17, 15) is 19.5 Å². The van der Waals surface area contributed by atoms with Gasteiger partial charge in [-0.1, -0.05) is 55.0 Å². The van der Waals surface area contributed by atoms with Gasteiger partial charge in [-0.3, -0.25) is 4.79 Å². The first kappa shape index (κ1) is 24.7. The van der Waals surface area contributed by atoms with Crippen molar-refractivity contribution in [2.45, 2.75) is 44.1 Å². The monoisotopic (exact) mass is 480 g/mol. The van der Waals surface area contributed by atoms with Gasteiger partial charge in [-0.15, -0.1) is 0 Å². The smallest absolute Gasteiger partial charge is 0.407 e. The Kier molecular flexibility index (Phi) is 8.02. The number of rotatable bonds is 9. The van der Waals surface area contributed by atoms with Crippen molar-refractivity contribution < 1.29 is 29.3 Å². The number of aliphatic hydroxyl groups excluding tert-OH is 1. The molecule has 0 spiro atoms. The molecule has 0 heterocycles. The number of carbonyl (C=O) groups is 3. The van der Waals surface area contributed by atoms with E-state index < -0.39 is 18.2 Å². The van der Waals surface area contributed by atoms with Gasteiger partial charge in [-0.25, -0.2) is 9.59 Å². The highest BCUT2D eigenvalue weighted by Crippen LogP contribution is 2.44. The third-order valence-electron chi connectivity index (χ3n) is 7.03. The number of amides is 2. The molecule has 0 aliphatic heterocycles. The minimum absolute atomic E-state index is 0.00977. The average molecular weight is 481 g/mol.